The van der Waals surface area contributed by atoms with Crippen LogP contribution >= 0.6 is 11.6 Å². The first-order valence-corrected chi connectivity index (χ1v) is 9.73. The molecule has 0 aliphatic carbocycles. The van der Waals surface area contributed by atoms with Gasteiger partial charge in [-0.3, -0.25) is 0 Å². The molecule has 3 rings (SSSR count). The normalized spacial score (nSPS) is 22.5. The lowest BCUT2D eigenvalue weighted by Gasteiger charge is -2.51. The highest BCUT2D eigenvalue weighted by Gasteiger charge is 2.52. The van der Waals surface area contributed by atoms with Crippen molar-refractivity contribution in [1.29, 1.82) is 0 Å². The van der Waals surface area contributed by atoms with Gasteiger partial charge in [-0.25, -0.2) is 9.37 Å². The number of benzene rings is 1. The Bertz CT molecular complexity index is 778. The van der Waals surface area contributed by atoms with Gasteiger partial charge in [0.1, 0.15) is 15.7 Å². The zero-order chi connectivity index (χ0) is 18.4. The molecule has 25 heavy (non-hydrogen) atoms. The van der Waals surface area contributed by atoms with E-state index in [2.05, 4.69) is 11.9 Å². The molecule has 0 unspecified atom stereocenters. The van der Waals surface area contributed by atoms with Crippen LogP contribution in [0.25, 0.3) is 11.3 Å². The monoisotopic (exact) mass is 380 g/mol. The van der Waals surface area contributed by atoms with E-state index in [0.717, 1.165) is 24.1 Å². The van der Waals surface area contributed by atoms with Crippen LogP contribution < -0.4 is 0 Å². The fourth-order valence-electron chi connectivity index (χ4n) is 3.00. The van der Waals surface area contributed by atoms with Gasteiger partial charge in [0.25, 0.3) is 0 Å². The van der Waals surface area contributed by atoms with Crippen LogP contribution in [-0.4, -0.2) is 25.1 Å². The van der Waals surface area contributed by atoms with Crippen LogP contribution in [0, 0.1) is 5.82 Å². The number of aromatic nitrogens is 1. The predicted octanol–water partition coefficient (Wildman–Crippen LogP) is 4.92. The second-order valence-electron chi connectivity index (χ2n) is 7.56. The highest BCUT2D eigenvalue weighted by Crippen LogP contribution is 2.45. The zero-order valence-electron chi connectivity index (χ0n) is 14.8. The highest BCUT2D eigenvalue weighted by molar-refractivity contribution is 7.90. The number of rotatable bonds is 3. The minimum Gasteiger partial charge on any atom is -0.597 e. The van der Waals surface area contributed by atoms with Crippen molar-refractivity contribution in [3.8, 4) is 11.3 Å². The van der Waals surface area contributed by atoms with Gasteiger partial charge in [-0.15, -0.1) is 4.31 Å². The Balaban J connectivity index is 1.99. The lowest BCUT2D eigenvalue weighted by Crippen LogP contribution is -2.61. The number of hydrogen-bond acceptors (Lipinski definition) is 3. The molecule has 134 valence electrons. The largest absolute Gasteiger partial charge is 0.597 e. The quantitative estimate of drug-likeness (QED) is 0.560. The predicted molar refractivity (Wildman–Crippen MR) is 101 cm³/mol. The summed E-state index contributed by atoms with van der Waals surface area (Å²) in [6.07, 6.45) is 0.901. The lowest BCUT2D eigenvalue weighted by molar-refractivity contribution is 0.0856. The highest BCUT2D eigenvalue weighted by atomic mass is 35.5. The molecule has 0 saturated carbocycles. The molecule has 2 atom stereocenters. The molecule has 2 aromatic rings. The van der Waals surface area contributed by atoms with Crippen molar-refractivity contribution in [3.05, 3.63) is 52.9 Å². The summed E-state index contributed by atoms with van der Waals surface area (Å²) in [4.78, 5) is 4.37. The topological polar surface area (TPSA) is 39.2 Å². The maximum absolute atomic E-state index is 13.2. The fraction of sp³-hybridized carbons (Fsp3) is 0.421. The van der Waals surface area contributed by atoms with E-state index in [1.54, 1.807) is 12.1 Å². The molecule has 1 saturated heterocycles. The molecular formula is C19H22ClFN2OS. The molecule has 1 aromatic heterocycles. The minimum absolute atomic E-state index is 0.288. The lowest BCUT2D eigenvalue weighted by atomic mass is 9.82. The molecule has 0 amide bonds. The molecule has 1 aliphatic heterocycles. The maximum atomic E-state index is 13.2. The van der Waals surface area contributed by atoms with E-state index in [1.807, 2.05) is 37.2 Å². The van der Waals surface area contributed by atoms with Gasteiger partial charge < -0.3 is 4.55 Å². The van der Waals surface area contributed by atoms with E-state index < -0.39 is 11.4 Å². The molecule has 1 aromatic carbocycles. The van der Waals surface area contributed by atoms with Gasteiger partial charge in [0, 0.05) is 23.5 Å². The van der Waals surface area contributed by atoms with Crippen molar-refractivity contribution < 1.29 is 8.94 Å². The van der Waals surface area contributed by atoms with Gasteiger partial charge >= 0.3 is 0 Å². The van der Waals surface area contributed by atoms with Crippen molar-refractivity contribution in [2.24, 2.45) is 0 Å². The summed E-state index contributed by atoms with van der Waals surface area (Å²) in [5.41, 5.74) is 2.13. The molecular weight excluding hydrogens is 359 g/mol. The van der Waals surface area contributed by atoms with Crippen LogP contribution in [0.3, 0.4) is 0 Å². The summed E-state index contributed by atoms with van der Waals surface area (Å²) in [6.45, 7) is 8.80. The standard InChI is InChI=1S/C19H22ClFN2OS/c1-18(2,3)25(24)23-10-9-19(23,4)14-11-16(22-17(20)12-14)13-5-7-15(21)8-6-13/h5-8,11-12H,9-10H2,1-4H3/t19-,25-/m0/s1. The maximum Gasteiger partial charge on any atom is 0.137 e. The number of halogens is 2. The molecule has 0 spiro atoms. The van der Waals surface area contributed by atoms with E-state index in [4.69, 9.17) is 11.6 Å². The number of pyridine rings is 1. The Morgan fingerprint density at radius 3 is 2.40 bits per heavy atom. The molecule has 6 heteroatoms. The van der Waals surface area contributed by atoms with Crippen molar-refractivity contribution in [2.75, 3.05) is 6.54 Å². The third-order valence-corrected chi connectivity index (χ3v) is 6.86. The Labute approximate surface area is 156 Å². The summed E-state index contributed by atoms with van der Waals surface area (Å²) >= 11 is 5.15. The molecule has 1 fully saturated rings. The summed E-state index contributed by atoms with van der Waals surface area (Å²) in [5.74, 6) is -0.288. The van der Waals surface area contributed by atoms with Crippen molar-refractivity contribution in [3.63, 3.8) is 0 Å². The summed E-state index contributed by atoms with van der Waals surface area (Å²) in [7, 11) is 0. The van der Waals surface area contributed by atoms with Gasteiger partial charge in [-0.05, 0) is 76.1 Å². The summed E-state index contributed by atoms with van der Waals surface area (Å²) in [6, 6.07) is 9.98. The second-order valence-corrected chi connectivity index (χ2v) is 10.1. The minimum atomic E-state index is -1.11. The molecule has 0 radical (unpaired) electrons. The SMILES string of the molecule is CC(C)(C)[S@+]([O-])N1CC[C@@]1(C)c1cc(Cl)nc(-c2ccc(F)cc2)c1. The molecule has 3 nitrogen and oxygen atoms in total. The third-order valence-electron chi connectivity index (χ3n) is 4.63. The van der Waals surface area contributed by atoms with Crippen LogP contribution in [-0.2, 0) is 16.9 Å². The van der Waals surface area contributed by atoms with Crippen LogP contribution in [0.4, 0.5) is 4.39 Å². The van der Waals surface area contributed by atoms with Crippen LogP contribution in [0.5, 0.6) is 0 Å². The average Bonchev–Trinajstić information content (AvgIpc) is 2.52. The van der Waals surface area contributed by atoms with Gasteiger partial charge in [0.05, 0.1) is 11.2 Å². The second kappa shape index (κ2) is 6.54. The summed E-state index contributed by atoms with van der Waals surface area (Å²) in [5, 5.41) is 0.381. The fourth-order valence-corrected chi connectivity index (χ4v) is 4.69. The van der Waals surface area contributed by atoms with E-state index in [1.165, 1.54) is 12.1 Å². The van der Waals surface area contributed by atoms with Crippen LogP contribution in [0.1, 0.15) is 39.7 Å². The van der Waals surface area contributed by atoms with Gasteiger partial charge in [-0.2, -0.15) is 0 Å². The first kappa shape index (κ1) is 18.6. The van der Waals surface area contributed by atoms with Crippen molar-refractivity contribution in [2.45, 2.75) is 44.4 Å². The Hall–Kier alpha value is -1.14. The van der Waals surface area contributed by atoms with Crippen LogP contribution in [0.15, 0.2) is 36.4 Å². The van der Waals surface area contributed by atoms with Gasteiger partial charge in [0.15, 0.2) is 0 Å². The first-order valence-electron chi connectivity index (χ1n) is 8.25. The Morgan fingerprint density at radius 1 is 1.24 bits per heavy atom. The Morgan fingerprint density at radius 2 is 1.88 bits per heavy atom. The van der Waals surface area contributed by atoms with E-state index in [-0.39, 0.29) is 16.1 Å². The van der Waals surface area contributed by atoms with E-state index in [9.17, 15) is 8.94 Å². The molecule has 0 bridgehead atoms. The van der Waals surface area contributed by atoms with E-state index in [0.29, 0.717) is 10.8 Å². The van der Waals surface area contributed by atoms with Crippen LogP contribution in [0.2, 0.25) is 5.15 Å². The van der Waals surface area contributed by atoms with E-state index >= 15 is 0 Å². The van der Waals surface area contributed by atoms with Gasteiger partial charge in [0.2, 0.25) is 0 Å². The zero-order valence-corrected chi connectivity index (χ0v) is 16.4. The molecule has 1 aliphatic rings. The van der Waals surface area contributed by atoms with Crippen molar-refractivity contribution in [1.82, 2.24) is 9.29 Å². The molecule has 2 heterocycles. The number of nitrogens with zero attached hydrogens (tertiary/aromatic N) is 2. The van der Waals surface area contributed by atoms with Crippen molar-refractivity contribution >= 4 is 23.0 Å². The smallest absolute Gasteiger partial charge is 0.137 e. The molecule has 0 N–H and O–H groups in total. The van der Waals surface area contributed by atoms with Gasteiger partial charge in [-0.1, -0.05) is 11.6 Å². The Kier molecular flexibility index (Phi) is 4.88. The average molecular weight is 381 g/mol. The summed E-state index contributed by atoms with van der Waals surface area (Å²) < 4.78 is 27.7. The number of hydrogen-bond donors (Lipinski definition) is 0. The first-order chi connectivity index (χ1) is 11.6. The third kappa shape index (κ3) is 3.56.